The van der Waals surface area contributed by atoms with Gasteiger partial charge < -0.3 is 5.32 Å². The average molecular weight is 248 g/mol. The highest BCUT2D eigenvalue weighted by molar-refractivity contribution is 6.07. The average Bonchev–Trinajstić information content (AvgIpc) is 3.09. The lowest BCUT2D eigenvalue weighted by atomic mass is 10.2. The fourth-order valence-electron chi connectivity index (χ4n) is 2.26. The van der Waals surface area contributed by atoms with Gasteiger partial charge in [-0.1, -0.05) is 6.07 Å². The van der Waals surface area contributed by atoms with E-state index in [4.69, 9.17) is 0 Å². The minimum absolute atomic E-state index is 0.101. The van der Waals surface area contributed by atoms with Gasteiger partial charge in [0.2, 0.25) is 5.91 Å². The van der Waals surface area contributed by atoms with Crippen LogP contribution in [0.25, 0.3) is 0 Å². The molecule has 1 aromatic rings. The van der Waals surface area contributed by atoms with Gasteiger partial charge in [-0.2, -0.15) is 0 Å². The van der Waals surface area contributed by atoms with Crippen molar-refractivity contribution in [2.45, 2.75) is 31.3 Å². The monoisotopic (exact) mass is 248 g/mol. The molecule has 5 heteroatoms. The number of nitrogens with zero attached hydrogens (tertiary/aromatic N) is 1. The maximum absolute atomic E-state index is 13.0. The molecule has 1 N–H and O–H groups in total. The second-order valence-corrected chi connectivity index (χ2v) is 4.74. The number of hydrogen-bond donors (Lipinski definition) is 1. The Bertz CT molecular complexity index is 513. The van der Waals surface area contributed by atoms with Gasteiger partial charge in [0.05, 0.1) is 6.42 Å². The molecule has 1 aliphatic carbocycles. The highest BCUT2D eigenvalue weighted by Crippen LogP contribution is 2.32. The molecule has 2 amide bonds. The van der Waals surface area contributed by atoms with Crippen LogP contribution in [-0.4, -0.2) is 28.8 Å². The maximum Gasteiger partial charge on any atom is 0.252 e. The summed E-state index contributed by atoms with van der Waals surface area (Å²) in [7, 11) is 0. The molecule has 1 saturated heterocycles. The number of benzene rings is 1. The Kier molecular flexibility index (Phi) is 2.54. The van der Waals surface area contributed by atoms with Gasteiger partial charge in [0.25, 0.3) is 5.91 Å². The van der Waals surface area contributed by atoms with Gasteiger partial charge in [0.15, 0.2) is 0 Å². The first-order valence-corrected chi connectivity index (χ1v) is 6.03. The smallest absolute Gasteiger partial charge is 0.252 e. The first-order chi connectivity index (χ1) is 8.65. The van der Waals surface area contributed by atoms with Crippen LogP contribution < -0.4 is 5.32 Å². The summed E-state index contributed by atoms with van der Waals surface area (Å²) in [5.41, 5.74) is 0.527. The van der Waals surface area contributed by atoms with E-state index in [0.29, 0.717) is 5.69 Å². The molecule has 2 aliphatic rings. The van der Waals surface area contributed by atoms with Crippen molar-refractivity contribution in [2.24, 2.45) is 0 Å². The summed E-state index contributed by atoms with van der Waals surface area (Å²) in [5.74, 6) is -0.681. The number of amides is 2. The van der Waals surface area contributed by atoms with Crippen molar-refractivity contribution >= 4 is 17.5 Å². The molecule has 0 radical (unpaired) electrons. The zero-order chi connectivity index (χ0) is 12.7. The molecule has 1 unspecified atom stereocenters. The van der Waals surface area contributed by atoms with Crippen LogP contribution in [0, 0.1) is 5.82 Å². The lowest BCUT2D eigenvalue weighted by Gasteiger charge is -2.15. The number of hydrogen-bond acceptors (Lipinski definition) is 3. The fraction of sp³-hybridized carbons (Fsp3) is 0.385. The summed E-state index contributed by atoms with van der Waals surface area (Å²) in [5, 5.41) is 2.92. The molecule has 1 heterocycles. The van der Waals surface area contributed by atoms with Gasteiger partial charge in [-0.05, 0) is 31.0 Å². The zero-order valence-corrected chi connectivity index (χ0v) is 9.73. The number of anilines is 1. The molecule has 1 aromatic carbocycles. The molecule has 1 atom stereocenters. The second kappa shape index (κ2) is 4.08. The molecular weight excluding hydrogens is 235 g/mol. The largest absolute Gasteiger partial charge is 0.373 e. The molecule has 18 heavy (non-hydrogen) atoms. The number of halogens is 1. The molecule has 3 rings (SSSR count). The third kappa shape index (κ3) is 1.96. The van der Waals surface area contributed by atoms with Crippen LogP contribution in [0.15, 0.2) is 24.3 Å². The van der Waals surface area contributed by atoms with E-state index in [0.717, 1.165) is 12.8 Å². The number of rotatable bonds is 3. The van der Waals surface area contributed by atoms with Crippen LogP contribution in [0.1, 0.15) is 19.3 Å². The minimum atomic E-state index is -0.556. The molecule has 0 bridgehead atoms. The number of carbonyl (C=O) groups is 2. The maximum atomic E-state index is 13.0. The van der Waals surface area contributed by atoms with Crippen molar-refractivity contribution in [2.75, 3.05) is 5.32 Å². The minimum Gasteiger partial charge on any atom is -0.373 e. The molecule has 1 saturated carbocycles. The SMILES string of the molecule is O=C1CC(Nc2cccc(F)c2)C(=O)N1C1CC1. The normalized spacial score (nSPS) is 23.6. The van der Waals surface area contributed by atoms with Crippen molar-refractivity contribution in [1.82, 2.24) is 4.90 Å². The molecule has 4 nitrogen and oxygen atoms in total. The van der Waals surface area contributed by atoms with Crippen molar-refractivity contribution in [3.05, 3.63) is 30.1 Å². The van der Waals surface area contributed by atoms with E-state index in [1.807, 2.05) is 0 Å². The Labute approximate surface area is 104 Å². The Morgan fingerprint density at radius 3 is 2.72 bits per heavy atom. The Balaban J connectivity index is 1.74. The molecule has 2 fully saturated rings. The van der Waals surface area contributed by atoms with Crippen LogP contribution in [0.5, 0.6) is 0 Å². The highest BCUT2D eigenvalue weighted by Gasteiger charge is 2.46. The van der Waals surface area contributed by atoms with Crippen LogP contribution in [-0.2, 0) is 9.59 Å². The first kappa shape index (κ1) is 11.2. The summed E-state index contributed by atoms with van der Waals surface area (Å²) in [6.45, 7) is 0. The van der Waals surface area contributed by atoms with Crippen molar-refractivity contribution in [1.29, 1.82) is 0 Å². The van der Waals surface area contributed by atoms with E-state index < -0.39 is 6.04 Å². The van der Waals surface area contributed by atoms with E-state index in [-0.39, 0.29) is 30.1 Å². The number of nitrogens with one attached hydrogen (secondary N) is 1. The predicted octanol–water partition coefficient (Wildman–Crippen LogP) is 1.53. The molecule has 94 valence electrons. The number of carbonyl (C=O) groups excluding carboxylic acids is 2. The fourth-order valence-corrected chi connectivity index (χ4v) is 2.26. The van der Waals surface area contributed by atoms with Crippen LogP contribution >= 0.6 is 0 Å². The summed E-state index contributed by atoms with van der Waals surface area (Å²) >= 11 is 0. The van der Waals surface area contributed by atoms with Gasteiger partial charge in [-0.3, -0.25) is 14.5 Å². The lowest BCUT2D eigenvalue weighted by Crippen LogP contribution is -2.36. The van der Waals surface area contributed by atoms with Crippen LogP contribution in [0.4, 0.5) is 10.1 Å². The van der Waals surface area contributed by atoms with Crippen molar-refractivity contribution in [3.63, 3.8) is 0 Å². The lowest BCUT2D eigenvalue weighted by molar-refractivity contribution is -0.139. The van der Waals surface area contributed by atoms with Crippen LogP contribution in [0.2, 0.25) is 0 Å². The van der Waals surface area contributed by atoms with Crippen molar-refractivity contribution in [3.8, 4) is 0 Å². The van der Waals surface area contributed by atoms with E-state index >= 15 is 0 Å². The standard InChI is InChI=1S/C13H13FN2O2/c14-8-2-1-3-9(6-8)15-11-7-12(17)16(13(11)18)10-4-5-10/h1-3,6,10-11,15H,4-5,7H2. The topological polar surface area (TPSA) is 49.4 Å². The Morgan fingerprint density at radius 1 is 1.28 bits per heavy atom. The first-order valence-electron chi connectivity index (χ1n) is 6.03. The third-order valence-electron chi connectivity index (χ3n) is 3.26. The molecule has 1 aliphatic heterocycles. The van der Waals surface area contributed by atoms with Gasteiger partial charge in [0.1, 0.15) is 11.9 Å². The molecule has 0 aromatic heterocycles. The van der Waals surface area contributed by atoms with Gasteiger partial charge in [0, 0.05) is 11.7 Å². The van der Waals surface area contributed by atoms with E-state index in [2.05, 4.69) is 5.32 Å². The Morgan fingerprint density at radius 2 is 2.06 bits per heavy atom. The van der Waals surface area contributed by atoms with E-state index in [1.54, 1.807) is 12.1 Å². The van der Waals surface area contributed by atoms with Gasteiger partial charge in [-0.25, -0.2) is 4.39 Å². The zero-order valence-electron chi connectivity index (χ0n) is 9.73. The molecule has 0 spiro atoms. The predicted molar refractivity (Wildman–Crippen MR) is 63.3 cm³/mol. The Hall–Kier alpha value is -1.91. The van der Waals surface area contributed by atoms with Crippen molar-refractivity contribution < 1.29 is 14.0 Å². The summed E-state index contributed by atoms with van der Waals surface area (Å²) in [6.07, 6.45) is 1.97. The number of likely N-dealkylation sites (tertiary alicyclic amines) is 1. The summed E-state index contributed by atoms with van der Waals surface area (Å²) in [4.78, 5) is 25.1. The quantitative estimate of drug-likeness (QED) is 0.825. The summed E-state index contributed by atoms with van der Waals surface area (Å²) < 4.78 is 13.0. The van der Waals surface area contributed by atoms with Gasteiger partial charge in [-0.15, -0.1) is 0 Å². The molecular formula is C13H13FN2O2. The van der Waals surface area contributed by atoms with E-state index in [9.17, 15) is 14.0 Å². The number of imide groups is 1. The van der Waals surface area contributed by atoms with E-state index in [1.165, 1.54) is 17.0 Å². The highest BCUT2D eigenvalue weighted by atomic mass is 19.1. The summed E-state index contributed by atoms with van der Waals surface area (Å²) in [6, 6.07) is 5.45. The van der Waals surface area contributed by atoms with Crippen LogP contribution in [0.3, 0.4) is 0 Å². The second-order valence-electron chi connectivity index (χ2n) is 4.74. The van der Waals surface area contributed by atoms with Gasteiger partial charge >= 0.3 is 0 Å². The third-order valence-corrected chi connectivity index (χ3v) is 3.26.